The number of aryl methyl sites for hydroxylation is 1. The second kappa shape index (κ2) is 5.97. The highest BCUT2D eigenvalue weighted by molar-refractivity contribution is 9.10. The fourth-order valence-corrected chi connectivity index (χ4v) is 2.90. The first-order valence-electron chi connectivity index (χ1n) is 6.92. The van der Waals surface area contributed by atoms with E-state index in [-0.39, 0.29) is 0 Å². The molecular formula is C15H19BrN4. The maximum absolute atomic E-state index is 4.19. The standard InChI is InChI=1S/C15H19BrN4/c1-19-10-12(9-18-19)8-17-14-6-7-20(11-14)15-4-2-13(16)3-5-15/h2-5,9-10,14,17H,6-8,11H2,1H3. The van der Waals surface area contributed by atoms with Crippen LogP contribution in [0.15, 0.2) is 41.1 Å². The van der Waals surface area contributed by atoms with Crippen molar-refractivity contribution in [2.75, 3.05) is 18.0 Å². The Kier molecular flexibility index (Phi) is 4.08. The first-order valence-corrected chi connectivity index (χ1v) is 7.71. The summed E-state index contributed by atoms with van der Waals surface area (Å²) < 4.78 is 2.98. The zero-order chi connectivity index (χ0) is 13.9. The molecule has 1 fully saturated rings. The van der Waals surface area contributed by atoms with E-state index in [1.807, 2.05) is 17.9 Å². The predicted octanol–water partition coefficient (Wildman–Crippen LogP) is 2.55. The average molecular weight is 335 g/mol. The zero-order valence-electron chi connectivity index (χ0n) is 11.6. The Morgan fingerprint density at radius 2 is 2.15 bits per heavy atom. The minimum absolute atomic E-state index is 0.554. The smallest absolute Gasteiger partial charge is 0.0534 e. The quantitative estimate of drug-likeness (QED) is 0.932. The van der Waals surface area contributed by atoms with Gasteiger partial charge >= 0.3 is 0 Å². The van der Waals surface area contributed by atoms with Crippen LogP contribution in [-0.2, 0) is 13.6 Å². The van der Waals surface area contributed by atoms with Crippen LogP contribution in [-0.4, -0.2) is 28.9 Å². The lowest BCUT2D eigenvalue weighted by Crippen LogP contribution is -2.32. The molecule has 1 aromatic carbocycles. The lowest BCUT2D eigenvalue weighted by molar-refractivity contribution is 0.551. The highest BCUT2D eigenvalue weighted by Gasteiger charge is 2.22. The van der Waals surface area contributed by atoms with Crippen molar-refractivity contribution in [2.24, 2.45) is 7.05 Å². The summed E-state index contributed by atoms with van der Waals surface area (Å²) in [7, 11) is 1.95. The van der Waals surface area contributed by atoms with Crippen molar-refractivity contribution in [3.63, 3.8) is 0 Å². The van der Waals surface area contributed by atoms with Gasteiger partial charge in [-0.1, -0.05) is 15.9 Å². The van der Waals surface area contributed by atoms with E-state index in [1.54, 1.807) is 0 Å². The molecule has 1 aliphatic heterocycles. The van der Waals surface area contributed by atoms with Gasteiger partial charge in [0.2, 0.25) is 0 Å². The van der Waals surface area contributed by atoms with E-state index in [1.165, 1.54) is 17.7 Å². The number of benzene rings is 1. The molecule has 20 heavy (non-hydrogen) atoms. The van der Waals surface area contributed by atoms with Crippen molar-refractivity contribution < 1.29 is 0 Å². The minimum atomic E-state index is 0.554. The largest absolute Gasteiger partial charge is 0.370 e. The van der Waals surface area contributed by atoms with Crippen LogP contribution in [0.1, 0.15) is 12.0 Å². The first kappa shape index (κ1) is 13.6. The summed E-state index contributed by atoms with van der Waals surface area (Å²) in [6.07, 6.45) is 5.18. The van der Waals surface area contributed by atoms with Crippen molar-refractivity contribution in [2.45, 2.75) is 19.0 Å². The lowest BCUT2D eigenvalue weighted by Gasteiger charge is -2.19. The normalized spacial score (nSPS) is 18.7. The molecule has 4 nitrogen and oxygen atoms in total. The van der Waals surface area contributed by atoms with Gasteiger partial charge in [0.25, 0.3) is 0 Å². The molecule has 0 spiro atoms. The van der Waals surface area contributed by atoms with Crippen LogP contribution in [0.4, 0.5) is 5.69 Å². The Bertz CT molecular complexity index is 564. The van der Waals surface area contributed by atoms with E-state index in [0.717, 1.165) is 24.1 Å². The van der Waals surface area contributed by atoms with E-state index < -0.39 is 0 Å². The molecule has 3 rings (SSSR count). The number of nitrogens with zero attached hydrogens (tertiary/aromatic N) is 3. The van der Waals surface area contributed by atoms with Gasteiger partial charge in [-0.05, 0) is 30.7 Å². The Labute approximate surface area is 127 Å². The molecule has 1 saturated heterocycles. The van der Waals surface area contributed by atoms with Crippen LogP contribution in [0, 0.1) is 0 Å². The Morgan fingerprint density at radius 3 is 2.85 bits per heavy atom. The van der Waals surface area contributed by atoms with Gasteiger partial charge in [0.15, 0.2) is 0 Å². The minimum Gasteiger partial charge on any atom is -0.370 e. The maximum Gasteiger partial charge on any atom is 0.0534 e. The molecule has 5 heteroatoms. The van der Waals surface area contributed by atoms with Crippen molar-refractivity contribution in [3.8, 4) is 0 Å². The predicted molar refractivity (Wildman–Crippen MR) is 84.8 cm³/mol. The summed E-state index contributed by atoms with van der Waals surface area (Å²) >= 11 is 3.48. The molecule has 0 aliphatic carbocycles. The highest BCUT2D eigenvalue weighted by Crippen LogP contribution is 2.22. The second-order valence-corrected chi connectivity index (χ2v) is 6.23. The first-order chi connectivity index (χ1) is 9.70. The Morgan fingerprint density at radius 1 is 1.35 bits per heavy atom. The molecule has 0 amide bonds. The van der Waals surface area contributed by atoms with Crippen molar-refractivity contribution in [1.29, 1.82) is 0 Å². The topological polar surface area (TPSA) is 33.1 Å². The average Bonchev–Trinajstić information content (AvgIpc) is 3.06. The van der Waals surface area contributed by atoms with Gasteiger partial charge < -0.3 is 10.2 Å². The molecule has 106 valence electrons. The van der Waals surface area contributed by atoms with Crippen LogP contribution >= 0.6 is 15.9 Å². The molecule has 2 aromatic rings. The number of aromatic nitrogens is 2. The van der Waals surface area contributed by atoms with Gasteiger partial charge in [-0.25, -0.2) is 0 Å². The number of hydrogen-bond donors (Lipinski definition) is 1. The van der Waals surface area contributed by atoms with Crippen molar-refractivity contribution in [3.05, 3.63) is 46.7 Å². The van der Waals surface area contributed by atoms with E-state index in [9.17, 15) is 0 Å². The van der Waals surface area contributed by atoms with Crippen LogP contribution in [0.25, 0.3) is 0 Å². The van der Waals surface area contributed by atoms with Gasteiger partial charge in [-0.3, -0.25) is 4.68 Å². The monoisotopic (exact) mass is 334 g/mol. The van der Waals surface area contributed by atoms with Crippen LogP contribution < -0.4 is 10.2 Å². The van der Waals surface area contributed by atoms with E-state index in [2.05, 4.69) is 61.7 Å². The third-order valence-electron chi connectivity index (χ3n) is 3.73. The molecule has 1 N–H and O–H groups in total. The maximum atomic E-state index is 4.19. The van der Waals surface area contributed by atoms with Gasteiger partial charge in [0, 0.05) is 54.6 Å². The summed E-state index contributed by atoms with van der Waals surface area (Å²) in [5, 5.41) is 7.81. The zero-order valence-corrected chi connectivity index (χ0v) is 13.2. The van der Waals surface area contributed by atoms with E-state index in [4.69, 9.17) is 0 Å². The Hall–Kier alpha value is -1.33. The molecule has 0 saturated carbocycles. The molecular weight excluding hydrogens is 316 g/mol. The summed E-state index contributed by atoms with van der Waals surface area (Å²) in [6.45, 7) is 3.08. The van der Waals surface area contributed by atoms with E-state index >= 15 is 0 Å². The third kappa shape index (κ3) is 3.22. The van der Waals surface area contributed by atoms with Crippen LogP contribution in [0.5, 0.6) is 0 Å². The fraction of sp³-hybridized carbons (Fsp3) is 0.400. The van der Waals surface area contributed by atoms with Crippen LogP contribution in [0.2, 0.25) is 0 Å². The third-order valence-corrected chi connectivity index (χ3v) is 4.26. The fourth-order valence-electron chi connectivity index (χ4n) is 2.64. The van der Waals surface area contributed by atoms with Crippen LogP contribution in [0.3, 0.4) is 0 Å². The summed E-state index contributed by atoms with van der Waals surface area (Å²) in [6, 6.07) is 9.11. The second-order valence-electron chi connectivity index (χ2n) is 5.31. The molecule has 1 aliphatic rings. The van der Waals surface area contributed by atoms with E-state index in [0.29, 0.717) is 6.04 Å². The molecule has 1 unspecified atom stereocenters. The number of nitrogens with one attached hydrogen (secondary N) is 1. The SMILES string of the molecule is Cn1cc(CNC2CCN(c3ccc(Br)cc3)C2)cn1. The number of rotatable bonds is 4. The Balaban J connectivity index is 1.53. The molecule has 1 atom stereocenters. The van der Waals surface area contributed by atoms with Gasteiger partial charge in [-0.2, -0.15) is 5.10 Å². The van der Waals surface area contributed by atoms with Gasteiger partial charge in [0.05, 0.1) is 6.20 Å². The molecule has 2 heterocycles. The summed E-state index contributed by atoms with van der Waals surface area (Å²) in [5.41, 5.74) is 2.55. The number of anilines is 1. The molecule has 0 radical (unpaired) electrons. The van der Waals surface area contributed by atoms with Crippen molar-refractivity contribution in [1.82, 2.24) is 15.1 Å². The lowest BCUT2D eigenvalue weighted by atomic mass is 10.2. The number of hydrogen-bond acceptors (Lipinski definition) is 3. The molecule has 1 aromatic heterocycles. The number of halogens is 1. The van der Waals surface area contributed by atoms with Gasteiger partial charge in [0.1, 0.15) is 0 Å². The summed E-state index contributed by atoms with van der Waals surface area (Å²) in [4.78, 5) is 2.44. The van der Waals surface area contributed by atoms with Crippen molar-refractivity contribution >= 4 is 21.6 Å². The van der Waals surface area contributed by atoms with Gasteiger partial charge in [-0.15, -0.1) is 0 Å². The highest BCUT2D eigenvalue weighted by atomic mass is 79.9. The summed E-state index contributed by atoms with van der Waals surface area (Å²) in [5.74, 6) is 0. The molecule has 0 bridgehead atoms.